The summed E-state index contributed by atoms with van der Waals surface area (Å²) in [4.78, 5) is 27.2. The average molecular weight is 349 g/mol. The summed E-state index contributed by atoms with van der Waals surface area (Å²) in [6.45, 7) is 6.87. The average Bonchev–Trinajstić information content (AvgIpc) is 2.63. The van der Waals surface area contributed by atoms with Gasteiger partial charge in [0.1, 0.15) is 5.41 Å². The van der Waals surface area contributed by atoms with Crippen LogP contribution in [0.4, 0.5) is 11.4 Å². The molecule has 138 valence electrons. The number of ether oxygens (including phenoxy) is 2. The lowest BCUT2D eigenvalue weighted by Crippen LogP contribution is -2.46. The molecular formula is C18H27N3O4. The lowest BCUT2D eigenvalue weighted by Gasteiger charge is -2.31. The van der Waals surface area contributed by atoms with Crippen molar-refractivity contribution in [2.45, 2.75) is 13.8 Å². The monoisotopic (exact) mass is 349 g/mol. The van der Waals surface area contributed by atoms with Gasteiger partial charge in [-0.3, -0.25) is 9.59 Å². The lowest BCUT2D eigenvalue weighted by molar-refractivity contribution is -0.138. The number of carbonyl (C=O) groups is 2. The summed E-state index contributed by atoms with van der Waals surface area (Å²) >= 11 is 0. The Balaban J connectivity index is 2.07. The van der Waals surface area contributed by atoms with Gasteiger partial charge < -0.3 is 25.0 Å². The van der Waals surface area contributed by atoms with Crippen LogP contribution < -0.4 is 15.5 Å². The molecule has 0 bridgehead atoms. The van der Waals surface area contributed by atoms with Gasteiger partial charge in [-0.25, -0.2) is 0 Å². The first-order chi connectivity index (χ1) is 12.0. The van der Waals surface area contributed by atoms with Crippen molar-refractivity contribution < 1.29 is 19.1 Å². The molecule has 1 aliphatic heterocycles. The number of methoxy groups -OCH3 is 1. The standard InChI is InChI=1S/C18H27N3O4/c1-18(2,16(22)19-8-11-24-3)17(23)20-14-6-4-5-7-15(14)21-9-12-25-13-10-21/h4-7H,8-13H2,1-3H3,(H,19,22)(H,20,23). The van der Waals surface area contributed by atoms with Crippen molar-refractivity contribution in [3.8, 4) is 0 Å². The number of nitrogens with zero attached hydrogens (tertiary/aromatic N) is 1. The van der Waals surface area contributed by atoms with Crippen molar-refractivity contribution >= 4 is 23.2 Å². The Bertz CT molecular complexity index is 598. The van der Waals surface area contributed by atoms with Crippen LogP contribution in [0.3, 0.4) is 0 Å². The Morgan fingerprint density at radius 1 is 1.20 bits per heavy atom. The predicted octanol–water partition coefficient (Wildman–Crippen LogP) is 1.25. The van der Waals surface area contributed by atoms with E-state index >= 15 is 0 Å². The van der Waals surface area contributed by atoms with E-state index < -0.39 is 5.41 Å². The van der Waals surface area contributed by atoms with E-state index in [1.54, 1.807) is 21.0 Å². The van der Waals surface area contributed by atoms with Crippen LogP contribution in [-0.2, 0) is 19.1 Å². The van der Waals surface area contributed by atoms with Crippen LogP contribution in [0, 0.1) is 5.41 Å². The van der Waals surface area contributed by atoms with E-state index in [9.17, 15) is 9.59 Å². The van der Waals surface area contributed by atoms with Gasteiger partial charge in [-0.2, -0.15) is 0 Å². The normalized spacial score (nSPS) is 14.9. The van der Waals surface area contributed by atoms with Crippen molar-refractivity contribution in [2.24, 2.45) is 5.41 Å². The molecular weight excluding hydrogens is 322 g/mol. The molecule has 1 saturated heterocycles. The number of rotatable bonds is 7. The zero-order valence-corrected chi connectivity index (χ0v) is 15.1. The Labute approximate surface area is 148 Å². The molecule has 1 heterocycles. The number of amides is 2. The summed E-state index contributed by atoms with van der Waals surface area (Å²) in [6.07, 6.45) is 0. The predicted molar refractivity (Wildman–Crippen MR) is 96.8 cm³/mol. The SMILES string of the molecule is COCCNC(=O)C(C)(C)C(=O)Nc1ccccc1N1CCOCC1. The van der Waals surface area contributed by atoms with Gasteiger partial charge in [0.05, 0.1) is 31.2 Å². The summed E-state index contributed by atoms with van der Waals surface area (Å²) in [5.74, 6) is -0.672. The highest BCUT2D eigenvalue weighted by Crippen LogP contribution is 2.28. The Kier molecular flexibility index (Phi) is 6.78. The van der Waals surface area contributed by atoms with Gasteiger partial charge >= 0.3 is 0 Å². The first-order valence-corrected chi connectivity index (χ1v) is 8.47. The molecule has 2 amide bonds. The number of benzene rings is 1. The van der Waals surface area contributed by atoms with Crippen molar-refractivity contribution in [3.63, 3.8) is 0 Å². The molecule has 7 heteroatoms. The van der Waals surface area contributed by atoms with Crippen LogP contribution in [-0.4, -0.2) is 58.4 Å². The van der Waals surface area contributed by atoms with E-state index in [2.05, 4.69) is 15.5 Å². The molecule has 7 nitrogen and oxygen atoms in total. The molecule has 1 aromatic rings. The van der Waals surface area contributed by atoms with Crippen molar-refractivity contribution in [1.82, 2.24) is 5.32 Å². The highest BCUT2D eigenvalue weighted by molar-refractivity contribution is 6.10. The number of morpholine rings is 1. The van der Waals surface area contributed by atoms with Crippen LogP contribution in [0.1, 0.15) is 13.8 Å². The fourth-order valence-electron chi connectivity index (χ4n) is 2.53. The van der Waals surface area contributed by atoms with E-state index in [0.29, 0.717) is 32.1 Å². The molecule has 0 atom stereocenters. The summed E-state index contributed by atoms with van der Waals surface area (Å²) < 4.78 is 10.3. The first-order valence-electron chi connectivity index (χ1n) is 8.47. The molecule has 0 spiro atoms. The van der Waals surface area contributed by atoms with E-state index in [1.165, 1.54) is 0 Å². The maximum Gasteiger partial charge on any atom is 0.239 e. The van der Waals surface area contributed by atoms with Gasteiger partial charge in [0.15, 0.2) is 0 Å². The second-order valence-electron chi connectivity index (χ2n) is 6.44. The maximum absolute atomic E-state index is 12.7. The summed E-state index contributed by atoms with van der Waals surface area (Å²) in [5.41, 5.74) is 0.452. The number of anilines is 2. The molecule has 2 rings (SSSR count). The fraction of sp³-hybridized carbons (Fsp3) is 0.556. The largest absolute Gasteiger partial charge is 0.383 e. The van der Waals surface area contributed by atoms with Crippen LogP contribution >= 0.6 is 0 Å². The van der Waals surface area contributed by atoms with E-state index in [4.69, 9.17) is 9.47 Å². The van der Waals surface area contributed by atoms with Gasteiger partial charge in [0, 0.05) is 26.7 Å². The van der Waals surface area contributed by atoms with Crippen molar-refractivity contribution in [3.05, 3.63) is 24.3 Å². The third-order valence-electron chi connectivity index (χ3n) is 4.23. The second-order valence-corrected chi connectivity index (χ2v) is 6.44. The lowest BCUT2D eigenvalue weighted by atomic mass is 9.91. The van der Waals surface area contributed by atoms with Crippen molar-refractivity contribution in [1.29, 1.82) is 0 Å². The minimum absolute atomic E-state index is 0.328. The minimum Gasteiger partial charge on any atom is -0.383 e. The number of hydrogen-bond donors (Lipinski definition) is 2. The molecule has 0 aliphatic carbocycles. The zero-order valence-electron chi connectivity index (χ0n) is 15.1. The molecule has 25 heavy (non-hydrogen) atoms. The van der Waals surface area contributed by atoms with Gasteiger partial charge in [-0.15, -0.1) is 0 Å². The molecule has 0 radical (unpaired) electrons. The molecule has 0 saturated carbocycles. The third-order valence-corrected chi connectivity index (χ3v) is 4.23. The topological polar surface area (TPSA) is 79.9 Å². The molecule has 1 aliphatic rings. The molecule has 1 fully saturated rings. The van der Waals surface area contributed by atoms with Gasteiger partial charge in [-0.05, 0) is 26.0 Å². The second kappa shape index (κ2) is 8.82. The van der Waals surface area contributed by atoms with Crippen LogP contribution in [0.25, 0.3) is 0 Å². The van der Waals surface area contributed by atoms with Crippen LogP contribution in [0.5, 0.6) is 0 Å². The number of nitrogens with one attached hydrogen (secondary N) is 2. The molecule has 0 aromatic heterocycles. The van der Waals surface area contributed by atoms with Crippen LogP contribution in [0.2, 0.25) is 0 Å². The highest BCUT2D eigenvalue weighted by Gasteiger charge is 2.36. The zero-order chi connectivity index (χ0) is 18.3. The van der Waals surface area contributed by atoms with Gasteiger partial charge in [0.25, 0.3) is 0 Å². The first kappa shape index (κ1) is 19.2. The summed E-state index contributed by atoms with van der Waals surface area (Å²) in [6, 6.07) is 7.61. The van der Waals surface area contributed by atoms with Gasteiger partial charge in [-0.1, -0.05) is 12.1 Å². The number of carbonyl (C=O) groups excluding carboxylic acids is 2. The highest BCUT2D eigenvalue weighted by atomic mass is 16.5. The van der Waals surface area contributed by atoms with Crippen LogP contribution in [0.15, 0.2) is 24.3 Å². The third kappa shape index (κ3) is 4.93. The van der Waals surface area contributed by atoms with Crippen molar-refractivity contribution in [2.75, 3.05) is 56.8 Å². The molecule has 2 N–H and O–H groups in total. The molecule has 0 unspecified atom stereocenters. The Hall–Kier alpha value is -2.12. The smallest absolute Gasteiger partial charge is 0.239 e. The van der Waals surface area contributed by atoms with Gasteiger partial charge in [0.2, 0.25) is 11.8 Å². The van der Waals surface area contributed by atoms with E-state index in [-0.39, 0.29) is 11.8 Å². The Morgan fingerprint density at radius 3 is 2.56 bits per heavy atom. The minimum atomic E-state index is -1.19. The summed E-state index contributed by atoms with van der Waals surface area (Å²) in [7, 11) is 1.56. The quantitative estimate of drug-likeness (QED) is 0.572. The van der Waals surface area contributed by atoms with E-state index in [0.717, 1.165) is 18.8 Å². The summed E-state index contributed by atoms with van der Waals surface area (Å²) in [5, 5.41) is 5.62. The van der Waals surface area contributed by atoms with E-state index in [1.807, 2.05) is 24.3 Å². The Morgan fingerprint density at radius 2 is 1.88 bits per heavy atom. The fourth-order valence-corrected chi connectivity index (χ4v) is 2.53. The maximum atomic E-state index is 12.7. The number of para-hydroxylation sites is 2. The number of hydrogen-bond acceptors (Lipinski definition) is 5. The molecule has 1 aromatic carbocycles.